The molecular formula is C11H14O4. The molecule has 0 aromatic carbocycles. The van der Waals surface area contributed by atoms with Crippen LogP contribution < -0.4 is 0 Å². The van der Waals surface area contributed by atoms with Crippen molar-refractivity contribution in [3.63, 3.8) is 0 Å². The van der Waals surface area contributed by atoms with E-state index in [1.165, 1.54) is 0 Å². The molecule has 0 aliphatic heterocycles. The summed E-state index contributed by atoms with van der Waals surface area (Å²) in [5.74, 6) is -0.677. The lowest BCUT2D eigenvalue weighted by Gasteiger charge is -2.28. The van der Waals surface area contributed by atoms with Gasteiger partial charge in [0, 0.05) is 24.3 Å². The summed E-state index contributed by atoms with van der Waals surface area (Å²) in [5, 5.41) is 10.0. The highest BCUT2D eigenvalue weighted by Gasteiger charge is 2.56. The van der Waals surface area contributed by atoms with Crippen LogP contribution in [0.3, 0.4) is 0 Å². The van der Waals surface area contributed by atoms with Gasteiger partial charge in [-0.05, 0) is 12.8 Å². The summed E-state index contributed by atoms with van der Waals surface area (Å²) in [6.07, 6.45) is 3.14. The molecule has 82 valence electrons. The van der Waals surface area contributed by atoms with E-state index in [-0.39, 0.29) is 17.9 Å². The zero-order valence-electron chi connectivity index (χ0n) is 8.39. The minimum Gasteiger partial charge on any atom is -0.459 e. The fraction of sp³-hybridized carbons (Fsp3) is 0.636. The molecular weight excluding hydrogens is 196 g/mol. The molecule has 0 amide bonds. The summed E-state index contributed by atoms with van der Waals surface area (Å²) in [5.41, 5.74) is -0.803. The molecule has 2 aliphatic carbocycles. The highest BCUT2D eigenvalue weighted by molar-refractivity contribution is 5.81. The molecule has 2 saturated carbocycles. The number of fused-ring (bicyclic) bond motifs is 2. The lowest BCUT2D eigenvalue weighted by molar-refractivity contribution is -0.148. The Morgan fingerprint density at radius 1 is 1.47 bits per heavy atom. The lowest BCUT2D eigenvalue weighted by Crippen LogP contribution is -2.35. The molecule has 2 fully saturated rings. The molecule has 2 aliphatic rings. The van der Waals surface area contributed by atoms with Crippen LogP contribution in [-0.4, -0.2) is 29.1 Å². The molecule has 0 aromatic rings. The van der Waals surface area contributed by atoms with Crippen molar-refractivity contribution in [3.8, 4) is 0 Å². The van der Waals surface area contributed by atoms with Gasteiger partial charge >= 0.3 is 5.97 Å². The number of carbonyl (C=O) groups is 2. The second-order valence-electron chi connectivity index (χ2n) is 4.48. The Kier molecular flexibility index (Phi) is 2.38. The van der Waals surface area contributed by atoms with E-state index in [1.807, 2.05) is 0 Å². The maximum Gasteiger partial charge on any atom is 0.330 e. The number of aldehydes is 1. The van der Waals surface area contributed by atoms with Crippen LogP contribution in [0.4, 0.5) is 0 Å². The van der Waals surface area contributed by atoms with Crippen molar-refractivity contribution < 1.29 is 19.4 Å². The smallest absolute Gasteiger partial charge is 0.330 e. The third-order valence-corrected chi connectivity index (χ3v) is 3.45. The summed E-state index contributed by atoms with van der Waals surface area (Å²) < 4.78 is 5.12. The van der Waals surface area contributed by atoms with E-state index < -0.39 is 11.6 Å². The fourth-order valence-corrected chi connectivity index (χ4v) is 2.84. The van der Waals surface area contributed by atoms with Gasteiger partial charge < -0.3 is 14.6 Å². The van der Waals surface area contributed by atoms with E-state index in [1.54, 1.807) is 0 Å². The van der Waals surface area contributed by atoms with Crippen LogP contribution in [0.15, 0.2) is 12.7 Å². The van der Waals surface area contributed by atoms with Crippen molar-refractivity contribution >= 4 is 12.3 Å². The van der Waals surface area contributed by atoms with Crippen LogP contribution in [0.5, 0.6) is 0 Å². The van der Waals surface area contributed by atoms with Crippen molar-refractivity contribution in [2.75, 3.05) is 0 Å². The average Bonchev–Trinajstić information content (AvgIpc) is 2.69. The van der Waals surface area contributed by atoms with Crippen LogP contribution >= 0.6 is 0 Å². The van der Waals surface area contributed by atoms with Crippen LogP contribution in [0.2, 0.25) is 0 Å². The minimum atomic E-state index is -0.803. The number of ether oxygens (including phenoxy) is 1. The van der Waals surface area contributed by atoms with Crippen LogP contribution in [-0.2, 0) is 14.3 Å². The minimum absolute atomic E-state index is 0.0172. The first-order chi connectivity index (χ1) is 7.08. The van der Waals surface area contributed by atoms with Gasteiger partial charge in [-0.3, -0.25) is 0 Å². The molecule has 0 spiro atoms. The van der Waals surface area contributed by atoms with Gasteiger partial charge in [0.25, 0.3) is 0 Å². The SMILES string of the molecule is C=CC(=O)OC1CC2(O)CC(C=O)C1C2. The van der Waals surface area contributed by atoms with Gasteiger partial charge in [-0.25, -0.2) is 4.79 Å². The molecule has 4 nitrogen and oxygen atoms in total. The predicted molar refractivity (Wildman–Crippen MR) is 51.9 cm³/mol. The van der Waals surface area contributed by atoms with E-state index in [4.69, 9.17) is 4.74 Å². The molecule has 4 heteroatoms. The Morgan fingerprint density at radius 2 is 2.20 bits per heavy atom. The van der Waals surface area contributed by atoms with E-state index in [0.717, 1.165) is 12.4 Å². The predicted octanol–water partition coefficient (Wildman–Crippen LogP) is 0.444. The lowest BCUT2D eigenvalue weighted by atomic mass is 9.86. The maximum atomic E-state index is 11.0. The first-order valence-corrected chi connectivity index (χ1v) is 5.09. The number of aliphatic hydroxyl groups is 1. The molecule has 15 heavy (non-hydrogen) atoms. The van der Waals surface area contributed by atoms with E-state index in [9.17, 15) is 14.7 Å². The zero-order valence-corrected chi connectivity index (χ0v) is 8.39. The van der Waals surface area contributed by atoms with Crippen molar-refractivity contribution in [2.24, 2.45) is 11.8 Å². The highest BCUT2D eigenvalue weighted by Crippen LogP contribution is 2.51. The second kappa shape index (κ2) is 3.45. The van der Waals surface area contributed by atoms with Gasteiger partial charge in [0.05, 0.1) is 5.60 Å². The average molecular weight is 210 g/mol. The number of esters is 1. The number of hydrogen-bond donors (Lipinski definition) is 1. The number of hydrogen-bond acceptors (Lipinski definition) is 4. The summed E-state index contributed by atoms with van der Waals surface area (Å²) in [4.78, 5) is 21.8. The van der Waals surface area contributed by atoms with Crippen molar-refractivity contribution in [1.82, 2.24) is 0 Å². The van der Waals surface area contributed by atoms with Crippen LogP contribution in [0.25, 0.3) is 0 Å². The third kappa shape index (κ3) is 1.69. The summed E-state index contributed by atoms with van der Waals surface area (Å²) in [7, 11) is 0. The Hall–Kier alpha value is -1.16. The first-order valence-electron chi connectivity index (χ1n) is 5.09. The van der Waals surface area contributed by atoms with Gasteiger partial charge in [-0.2, -0.15) is 0 Å². The van der Waals surface area contributed by atoms with E-state index in [2.05, 4.69) is 6.58 Å². The largest absolute Gasteiger partial charge is 0.459 e. The molecule has 4 unspecified atom stereocenters. The third-order valence-electron chi connectivity index (χ3n) is 3.45. The standard InChI is InChI=1S/C11H14O4/c1-2-10(13)15-9-5-11(14)3-7(6-12)8(9)4-11/h2,6-9,14H,1,3-5H2. The molecule has 1 N–H and O–H groups in total. The van der Waals surface area contributed by atoms with Crippen LogP contribution in [0, 0.1) is 11.8 Å². The molecule has 0 radical (unpaired) electrons. The molecule has 4 atom stereocenters. The Labute approximate surface area is 87.9 Å². The zero-order chi connectivity index (χ0) is 11.1. The van der Waals surface area contributed by atoms with Gasteiger partial charge in [0.1, 0.15) is 12.4 Å². The topological polar surface area (TPSA) is 63.6 Å². The number of carbonyl (C=O) groups excluding carboxylic acids is 2. The summed E-state index contributed by atoms with van der Waals surface area (Å²) >= 11 is 0. The van der Waals surface area contributed by atoms with Gasteiger partial charge in [-0.1, -0.05) is 6.58 Å². The highest BCUT2D eigenvalue weighted by atomic mass is 16.5. The van der Waals surface area contributed by atoms with Crippen LogP contribution in [0.1, 0.15) is 19.3 Å². The molecule has 0 saturated heterocycles. The van der Waals surface area contributed by atoms with E-state index >= 15 is 0 Å². The summed E-state index contributed by atoms with van der Waals surface area (Å²) in [6.45, 7) is 3.31. The van der Waals surface area contributed by atoms with Crippen molar-refractivity contribution in [1.29, 1.82) is 0 Å². The van der Waals surface area contributed by atoms with Gasteiger partial charge in [-0.15, -0.1) is 0 Å². The Morgan fingerprint density at radius 3 is 2.73 bits per heavy atom. The first kappa shape index (κ1) is 10.4. The molecule has 2 bridgehead atoms. The molecule has 0 heterocycles. The maximum absolute atomic E-state index is 11.0. The Balaban J connectivity index is 2.07. The molecule has 2 rings (SSSR count). The number of rotatable bonds is 3. The van der Waals surface area contributed by atoms with Gasteiger partial charge in [0.15, 0.2) is 0 Å². The van der Waals surface area contributed by atoms with Crippen molar-refractivity contribution in [2.45, 2.75) is 31.0 Å². The van der Waals surface area contributed by atoms with Gasteiger partial charge in [0.2, 0.25) is 0 Å². The Bertz CT molecular complexity index is 312. The fourth-order valence-electron chi connectivity index (χ4n) is 2.84. The summed E-state index contributed by atoms with van der Waals surface area (Å²) in [6, 6.07) is 0. The van der Waals surface area contributed by atoms with E-state index in [0.29, 0.717) is 19.3 Å². The monoisotopic (exact) mass is 210 g/mol. The quantitative estimate of drug-likeness (QED) is 0.417. The normalized spacial score (nSPS) is 42.6. The second-order valence-corrected chi connectivity index (χ2v) is 4.48. The molecule has 0 aromatic heterocycles. The van der Waals surface area contributed by atoms with Crippen molar-refractivity contribution in [3.05, 3.63) is 12.7 Å².